The second-order valence-electron chi connectivity index (χ2n) is 7.82. The molecule has 104 valence electrons. The SMILES string of the molecule is CC(C)C1CCCC(O)(C2CC3CCC2C3)CC1. The smallest absolute Gasteiger partial charge is 0.0678 e. The maximum absolute atomic E-state index is 11.2. The normalized spacial score (nSPS) is 48.7. The summed E-state index contributed by atoms with van der Waals surface area (Å²) in [5, 5.41) is 11.2. The van der Waals surface area contributed by atoms with Gasteiger partial charge in [-0.3, -0.25) is 0 Å². The number of fused-ring (bicyclic) bond motifs is 2. The highest BCUT2D eigenvalue weighted by atomic mass is 16.3. The van der Waals surface area contributed by atoms with Crippen LogP contribution in [-0.4, -0.2) is 10.7 Å². The lowest BCUT2D eigenvalue weighted by atomic mass is 9.72. The van der Waals surface area contributed by atoms with E-state index in [1.807, 2.05) is 0 Å². The quantitative estimate of drug-likeness (QED) is 0.721. The number of hydrogen-bond acceptors (Lipinski definition) is 1. The minimum absolute atomic E-state index is 0.288. The average Bonchev–Trinajstić information content (AvgIpc) is 2.90. The zero-order valence-electron chi connectivity index (χ0n) is 12.2. The molecule has 1 N–H and O–H groups in total. The Hall–Kier alpha value is -0.0400. The van der Waals surface area contributed by atoms with E-state index in [4.69, 9.17) is 0 Å². The Morgan fingerprint density at radius 1 is 1.00 bits per heavy atom. The van der Waals surface area contributed by atoms with Crippen LogP contribution in [0.25, 0.3) is 0 Å². The van der Waals surface area contributed by atoms with Crippen molar-refractivity contribution >= 4 is 0 Å². The Kier molecular flexibility index (Phi) is 3.47. The fourth-order valence-corrected chi connectivity index (χ4v) is 5.32. The van der Waals surface area contributed by atoms with Crippen LogP contribution in [0.5, 0.6) is 0 Å². The number of hydrogen-bond donors (Lipinski definition) is 1. The first-order valence-electron chi connectivity index (χ1n) is 8.31. The molecule has 3 saturated carbocycles. The van der Waals surface area contributed by atoms with Gasteiger partial charge in [-0.1, -0.05) is 33.1 Å². The van der Waals surface area contributed by atoms with Crippen LogP contribution in [0.4, 0.5) is 0 Å². The standard InChI is InChI=1S/C17H30O/c1-12(2)14-4-3-8-17(18,9-7-14)16-11-13-5-6-15(16)10-13/h12-16,18H,3-11H2,1-2H3. The van der Waals surface area contributed by atoms with Gasteiger partial charge in [0.25, 0.3) is 0 Å². The molecule has 18 heavy (non-hydrogen) atoms. The lowest BCUT2D eigenvalue weighted by Crippen LogP contribution is -2.40. The van der Waals surface area contributed by atoms with Gasteiger partial charge in [0, 0.05) is 0 Å². The Labute approximate surface area is 112 Å². The molecular formula is C17H30O. The molecule has 0 saturated heterocycles. The predicted molar refractivity (Wildman–Crippen MR) is 75.3 cm³/mol. The maximum Gasteiger partial charge on any atom is 0.0678 e. The van der Waals surface area contributed by atoms with Crippen LogP contribution in [0, 0.1) is 29.6 Å². The first-order valence-corrected chi connectivity index (χ1v) is 8.31. The van der Waals surface area contributed by atoms with Crippen molar-refractivity contribution in [2.24, 2.45) is 29.6 Å². The van der Waals surface area contributed by atoms with Crippen LogP contribution in [0.1, 0.15) is 71.6 Å². The minimum atomic E-state index is -0.288. The van der Waals surface area contributed by atoms with Gasteiger partial charge in [-0.2, -0.15) is 0 Å². The minimum Gasteiger partial charge on any atom is -0.390 e. The van der Waals surface area contributed by atoms with Crippen LogP contribution in [0.15, 0.2) is 0 Å². The molecule has 0 spiro atoms. The summed E-state index contributed by atoms with van der Waals surface area (Å²) in [5.41, 5.74) is -0.288. The summed E-state index contributed by atoms with van der Waals surface area (Å²) >= 11 is 0. The van der Waals surface area contributed by atoms with Crippen LogP contribution in [0.2, 0.25) is 0 Å². The molecule has 3 fully saturated rings. The van der Waals surface area contributed by atoms with E-state index in [1.54, 1.807) is 0 Å². The van der Waals surface area contributed by atoms with Gasteiger partial charge in [0.1, 0.15) is 0 Å². The van der Waals surface area contributed by atoms with Crippen molar-refractivity contribution < 1.29 is 5.11 Å². The lowest BCUT2D eigenvalue weighted by molar-refractivity contribution is -0.0535. The van der Waals surface area contributed by atoms with Crippen LogP contribution < -0.4 is 0 Å². The van der Waals surface area contributed by atoms with Crippen molar-refractivity contribution in [1.82, 2.24) is 0 Å². The molecule has 0 radical (unpaired) electrons. The first-order chi connectivity index (χ1) is 8.58. The molecule has 3 aliphatic rings. The summed E-state index contributed by atoms with van der Waals surface area (Å²) in [7, 11) is 0. The van der Waals surface area contributed by atoms with E-state index in [2.05, 4.69) is 13.8 Å². The third-order valence-electron chi connectivity index (χ3n) is 6.50. The van der Waals surface area contributed by atoms with E-state index in [9.17, 15) is 5.11 Å². The molecule has 5 atom stereocenters. The van der Waals surface area contributed by atoms with Crippen LogP contribution in [-0.2, 0) is 0 Å². The van der Waals surface area contributed by atoms with Crippen LogP contribution >= 0.6 is 0 Å². The van der Waals surface area contributed by atoms with E-state index in [1.165, 1.54) is 44.9 Å². The van der Waals surface area contributed by atoms with E-state index >= 15 is 0 Å². The Morgan fingerprint density at radius 3 is 2.44 bits per heavy atom. The van der Waals surface area contributed by atoms with Crippen molar-refractivity contribution in [3.63, 3.8) is 0 Å². The van der Waals surface area contributed by atoms with Gasteiger partial charge < -0.3 is 5.11 Å². The summed E-state index contributed by atoms with van der Waals surface area (Å²) in [5.74, 6) is 4.15. The highest BCUT2D eigenvalue weighted by Crippen LogP contribution is 2.55. The molecule has 0 amide bonds. The summed E-state index contributed by atoms with van der Waals surface area (Å²) in [4.78, 5) is 0. The molecule has 3 rings (SSSR count). The molecule has 3 aliphatic carbocycles. The van der Waals surface area contributed by atoms with E-state index in [0.717, 1.165) is 36.5 Å². The Morgan fingerprint density at radius 2 is 1.83 bits per heavy atom. The van der Waals surface area contributed by atoms with Crippen molar-refractivity contribution in [2.75, 3.05) is 0 Å². The van der Waals surface area contributed by atoms with Gasteiger partial charge in [0.05, 0.1) is 5.60 Å². The second-order valence-corrected chi connectivity index (χ2v) is 7.82. The van der Waals surface area contributed by atoms with Crippen molar-refractivity contribution in [3.8, 4) is 0 Å². The lowest BCUT2D eigenvalue weighted by Gasteiger charge is -2.38. The monoisotopic (exact) mass is 250 g/mol. The van der Waals surface area contributed by atoms with Crippen LogP contribution in [0.3, 0.4) is 0 Å². The molecule has 0 aromatic carbocycles. The van der Waals surface area contributed by atoms with Crippen molar-refractivity contribution in [1.29, 1.82) is 0 Å². The molecule has 0 aliphatic heterocycles. The van der Waals surface area contributed by atoms with E-state index in [0.29, 0.717) is 5.92 Å². The average molecular weight is 250 g/mol. The fraction of sp³-hybridized carbons (Fsp3) is 1.00. The molecule has 0 aromatic heterocycles. The van der Waals surface area contributed by atoms with Gasteiger partial charge in [-0.25, -0.2) is 0 Å². The molecule has 0 aromatic rings. The molecule has 1 nitrogen and oxygen atoms in total. The molecule has 0 heterocycles. The van der Waals surface area contributed by atoms with E-state index < -0.39 is 0 Å². The highest BCUT2D eigenvalue weighted by Gasteiger charge is 2.49. The molecule has 1 heteroatoms. The predicted octanol–water partition coefficient (Wildman–Crippen LogP) is 4.39. The number of rotatable bonds is 2. The zero-order chi connectivity index (χ0) is 12.8. The van der Waals surface area contributed by atoms with Gasteiger partial charge in [-0.15, -0.1) is 0 Å². The third kappa shape index (κ3) is 2.24. The van der Waals surface area contributed by atoms with Gasteiger partial charge in [0.2, 0.25) is 0 Å². The topological polar surface area (TPSA) is 20.2 Å². The Bertz CT molecular complexity index is 298. The van der Waals surface area contributed by atoms with Gasteiger partial charge >= 0.3 is 0 Å². The van der Waals surface area contributed by atoms with Gasteiger partial charge in [0.15, 0.2) is 0 Å². The van der Waals surface area contributed by atoms with Gasteiger partial charge in [-0.05, 0) is 68.1 Å². The number of aliphatic hydroxyl groups is 1. The molecular weight excluding hydrogens is 220 g/mol. The molecule has 2 bridgehead atoms. The Balaban J connectivity index is 1.67. The maximum atomic E-state index is 11.2. The van der Waals surface area contributed by atoms with Crippen molar-refractivity contribution in [2.45, 2.75) is 77.2 Å². The molecule has 5 unspecified atom stereocenters. The first kappa shape index (κ1) is 13.0. The van der Waals surface area contributed by atoms with E-state index in [-0.39, 0.29) is 5.60 Å². The summed E-state index contributed by atoms with van der Waals surface area (Å²) in [6.07, 6.45) is 11.7. The van der Waals surface area contributed by atoms with Crippen molar-refractivity contribution in [3.05, 3.63) is 0 Å². The zero-order valence-corrected chi connectivity index (χ0v) is 12.2. The largest absolute Gasteiger partial charge is 0.390 e. The summed E-state index contributed by atoms with van der Waals surface area (Å²) in [6.45, 7) is 4.71. The summed E-state index contributed by atoms with van der Waals surface area (Å²) < 4.78 is 0. The highest BCUT2D eigenvalue weighted by molar-refractivity contribution is 5.00. The third-order valence-corrected chi connectivity index (χ3v) is 6.50. The second kappa shape index (κ2) is 4.81. The fourth-order valence-electron chi connectivity index (χ4n) is 5.32. The summed E-state index contributed by atoms with van der Waals surface area (Å²) in [6, 6.07) is 0.